The van der Waals surface area contributed by atoms with Gasteiger partial charge in [-0.3, -0.25) is 4.98 Å². The fourth-order valence-corrected chi connectivity index (χ4v) is 2.34. The van der Waals surface area contributed by atoms with E-state index in [9.17, 15) is 0 Å². The third-order valence-electron chi connectivity index (χ3n) is 3.71. The van der Waals surface area contributed by atoms with Crippen molar-refractivity contribution in [2.45, 2.75) is 20.8 Å². The average Bonchev–Trinajstić information content (AvgIpc) is 2.67. The van der Waals surface area contributed by atoms with Crippen molar-refractivity contribution in [3.05, 3.63) is 47.5 Å². The Morgan fingerprint density at radius 3 is 2.53 bits per heavy atom. The lowest BCUT2D eigenvalue weighted by Crippen LogP contribution is -2.01. The first-order chi connectivity index (χ1) is 9.09. The molecule has 0 radical (unpaired) electrons. The van der Waals surface area contributed by atoms with Crippen LogP contribution in [0.15, 0.2) is 30.6 Å². The molecule has 0 amide bonds. The van der Waals surface area contributed by atoms with E-state index < -0.39 is 0 Å². The highest BCUT2D eigenvalue weighted by Gasteiger charge is 2.12. The molecule has 0 aliphatic carbocycles. The molecule has 1 aromatic carbocycles. The number of nitrogens with two attached hydrogens (primary N) is 1. The molecule has 2 aromatic heterocycles. The predicted octanol–water partition coefficient (Wildman–Crippen LogP) is 2.93. The molecule has 0 fully saturated rings. The van der Waals surface area contributed by atoms with E-state index in [4.69, 9.17) is 5.73 Å². The predicted molar refractivity (Wildman–Crippen MR) is 77.5 cm³/mol. The lowest BCUT2D eigenvalue weighted by Gasteiger charge is -2.10. The summed E-state index contributed by atoms with van der Waals surface area (Å²) in [4.78, 5) is 4.14. The summed E-state index contributed by atoms with van der Waals surface area (Å²) in [7, 11) is 0. The molecule has 0 aliphatic heterocycles. The quantitative estimate of drug-likeness (QED) is 0.677. The highest BCUT2D eigenvalue weighted by molar-refractivity contribution is 5.97. The third-order valence-corrected chi connectivity index (χ3v) is 3.71. The van der Waals surface area contributed by atoms with Gasteiger partial charge in [0.2, 0.25) is 0 Å². The molecule has 4 nitrogen and oxygen atoms in total. The molecule has 4 heteroatoms. The van der Waals surface area contributed by atoms with E-state index >= 15 is 0 Å². The van der Waals surface area contributed by atoms with Crippen LogP contribution in [-0.4, -0.2) is 14.8 Å². The number of benzene rings is 1. The van der Waals surface area contributed by atoms with Gasteiger partial charge in [-0.25, -0.2) is 4.68 Å². The Morgan fingerprint density at radius 1 is 1.05 bits per heavy atom. The summed E-state index contributed by atoms with van der Waals surface area (Å²) in [6.07, 6.45) is 3.58. The number of pyridine rings is 1. The van der Waals surface area contributed by atoms with E-state index in [0.29, 0.717) is 0 Å². The second-order valence-electron chi connectivity index (χ2n) is 4.80. The fraction of sp³-hybridized carbons (Fsp3) is 0.200. The Labute approximate surface area is 111 Å². The van der Waals surface area contributed by atoms with Crippen molar-refractivity contribution in [3.63, 3.8) is 0 Å². The van der Waals surface area contributed by atoms with Crippen LogP contribution in [0.1, 0.15) is 17.0 Å². The van der Waals surface area contributed by atoms with E-state index in [0.717, 1.165) is 33.5 Å². The number of hydrogen-bond donors (Lipinski definition) is 1. The van der Waals surface area contributed by atoms with E-state index in [1.54, 1.807) is 12.4 Å². The molecule has 0 aliphatic rings. The molecule has 0 saturated carbocycles. The van der Waals surface area contributed by atoms with E-state index in [1.165, 1.54) is 5.56 Å². The molecule has 0 atom stereocenters. The molecule has 0 bridgehead atoms. The summed E-state index contributed by atoms with van der Waals surface area (Å²) in [6.45, 7) is 6.20. The van der Waals surface area contributed by atoms with Crippen LogP contribution in [0.2, 0.25) is 0 Å². The maximum absolute atomic E-state index is 6.01. The minimum absolute atomic E-state index is 0.741. The van der Waals surface area contributed by atoms with Gasteiger partial charge in [0.05, 0.1) is 11.4 Å². The van der Waals surface area contributed by atoms with E-state index in [2.05, 4.69) is 23.9 Å². The van der Waals surface area contributed by atoms with E-state index in [1.807, 2.05) is 29.8 Å². The lowest BCUT2D eigenvalue weighted by atomic mass is 10.1. The fourth-order valence-electron chi connectivity index (χ4n) is 2.34. The summed E-state index contributed by atoms with van der Waals surface area (Å²) in [5, 5.41) is 6.65. The second kappa shape index (κ2) is 4.09. The van der Waals surface area contributed by atoms with Gasteiger partial charge in [-0.1, -0.05) is 0 Å². The number of fused-ring (bicyclic) bond motifs is 1. The van der Waals surface area contributed by atoms with Crippen LogP contribution < -0.4 is 5.73 Å². The summed E-state index contributed by atoms with van der Waals surface area (Å²) in [6, 6.07) is 5.90. The van der Waals surface area contributed by atoms with Crippen LogP contribution in [0.25, 0.3) is 16.5 Å². The van der Waals surface area contributed by atoms with Crippen molar-refractivity contribution < 1.29 is 0 Å². The number of aryl methyl sites for hydroxylation is 1. The van der Waals surface area contributed by atoms with Crippen LogP contribution in [0.3, 0.4) is 0 Å². The van der Waals surface area contributed by atoms with Crippen molar-refractivity contribution in [3.8, 4) is 5.69 Å². The maximum Gasteiger partial charge on any atom is 0.0729 e. The maximum atomic E-state index is 6.01. The summed E-state index contributed by atoms with van der Waals surface area (Å²) in [5.41, 5.74) is 11.2. The minimum atomic E-state index is 0.741. The van der Waals surface area contributed by atoms with Crippen molar-refractivity contribution in [1.29, 1.82) is 0 Å². The molecular weight excluding hydrogens is 236 g/mol. The minimum Gasteiger partial charge on any atom is -0.398 e. The van der Waals surface area contributed by atoms with Gasteiger partial charge in [-0.15, -0.1) is 0 Å². The normalized spacial score (nSPS) is 11.1. The topological polar surface area (TPSA) is 56.7 Å². The highest BCUT2D eigenvalue weighted by Crippen LogP contribution is 2.28. The Kier molecular flexibility index (Phi) is 2.52. The van der Waals surface area contributed by atoms with Crippen LogP contribution in [0, 0.1) is 20.8 Å². The van der Waals surface area contributed by atoms with Crippen LogP contribution in [-0.2, 0) is 0 Å². The molecule has 3 rings (SSSR count). The first kappa shape index (κ1) is 11.7. The molecular formula is C15H16N4. The summed E-state index contributed by atoms with van der Waals surface area (Å²) < 4.78 is 1.98. The van der Waals surface area contributed by atoms with Gasteiger partial charge < -0.3 is 5.73 Å². The van der Waals surface area contributed by atoms with Crippen molar-refractivity contribution in [2.75, 3.05) is 5.73 Å². The number of rotatable bonds is 1. The SMILES string of the molecule is Cc1nn(-c2ccc(N)c3cnccc23)c(C)c1C. The largest absolute Gasteiger partial charge is 0.398 e. The number of anilines is 1. The number of nitrogens with zero attached hydrogens (tertiary/aromatic N) is 3. The Bertz CT molecular complexity index is 771. The van der Waals surface area contributed by atoms with Crippen molar-refractivity contribution in [2.24, 2.45) is 0 Å². The molecule has 3 aromatic rings. The van der Waals surface area contributed by atoms with E-state index in [-0.39, 0.29) is 0 Å². The lowest BCUT2D eigenvalue weighted by molar-refractivity contribution is 0.839. The van der Waals surface area contributed by atoms with Gasteiger partial charge in [-0.05, 0) is 44.5 Å². The zero-order valence-electron chi connectivity index (χ0n) is 11.3. The number of nitrogen functional groups attached to an aromatic ring is 1. The molecule has 2 N–H and O–H groups in total. The summed E-state index contributed by atoms with van der Waals surface area (Å²) >= 11 is 0. The molecule has 19 heavy (non-hydrogen) atoms. The van der Waals surface area contributed by atoms with Gasteiger partial charge in [0.15, 0.2) is 0 Å². The number of hydrogen-bond acceptors (Lipinski definition) is 3. The first-order valence-corrected chi connectivity index (χ1v) is 6.25. The van der Waals surface area contributed by atoms with Crippen molar-refractivity contribution in [1.82, 2.24) is 14.8 Å². The number of aromatic nitrogens is 3. The van der Waals surface area contributed by atoms with Crippen molar-refractivity contribution >= 4 is 16.5 Å². The van der Waals surface area contributed by atoms with Gasteiger partial charge in [0.1, 0.15) is 0 Å². The second-order valence-corrected chi connectivity index (χ2v) is 4.80. The molecule has 0 unspecified atom stereocenters. The average molecular weight is 252 g/mol. The zero-order chi connectivity index (χ0) is 13.6. The van der Waals surface area contributed by atoms with Gasteiger partial charge in [-0.2, -0.15) is 5.10 Å². The standard InChI is InChI=1S/C15H16N4/c1-9-10(2)18-19(11(9)3)15-5-4-14(16)13-8-17-7-6-12(13)15/h4-8H,16H2,1-3H3. The Hall–Kier alpha value is -2.36. The van der Waals surface area contributed by atoms with Gasteiger partial charge in [0, 0.05) is 34.5 Å². The molecule has 0 saturated heterocycles. The summed E-state index contributed by atoms with van der Waals surface area (Å²) in [5.74, 6) is 0. The molecule has 0 spiro atoms. The van der Waals surface area contributed by atoms with Gasteiger partial charge in [0.25, 0.3) is 0 Å². The third kappa shape index (κ3) is 1.68. The molecule has 2 heterocycles. The molecule has 96 valence electrons. The Morgan fingerprint density at radius 2 is 1.84 bits per heavy atom. The van der Waals surface area contributed by atoms with Crippen LogP contribution >= 0.6 is 0 Å². The van der Waals surface area contributed by atoms with Crippen LogP contribution in [0.4, 0.5) is 5.69 Å². The zero-order valence-corrected chi connectivity index (χ0v) is 11.3. The first-order valence-electron chi connectivity index (χ1n) is 6.25. The monoisotopic (exact) mass is 252 g/mol. The van der Waals surface area contributed by atoms with Crippen LogP contribution in [0.5, 0.6) is 0 Å². The Balaban J connectivity index is 2.37. The van der Waals surface area contributed by atoms with Gasteiger partial charge >= 0.3 is 0 Å². The smallest absolute Gasteiger partial charge is 0.0729 e. The highest BCUT2D eigenvalue weighted by atomic mass is 15.3.